The molecule has 0 aromatic heterocycles. The molecule has 0 N–H and O–H groups in total. The molecule has 0 spiro atoms. The Hall–Kier alpha value is -1.06. The summed E-state index contributed by atoms with van der Waals surface area (Å²) in [6.07, 6.45) is 5.59. The van der Waals surface area contributed by atoms with Gasteiger partial charge in [-0.05, 0) is 46.0 Å². The number of rotatable bonds is 4. The molecule has 2 fully saturated rings. The molecule has 0 saturated carbocycles. The first-order valence-corrected chi connectivity index (χ1v) is 8.07. The maximum absolute atomic E-state index is 12.9. The third-order valence-corrected chi connectivity index (χ3v) is 4.81. The topological polar surface area (TPSA) is 40.6 Å². The van der Waals surface area contributed by atoms with E-state index in [4.69, 9.17) is 0 Å². The van der Waals surface area contributed by atoms with Crippen molar-refractivity contribution in [1.82, 2.24) is 9.80 Å². The summed E-state index contributed by atoms with van der Waals surface area (Å²) in [7, 11) is 0. The molecule has 4 nitrogen and oxygen atoms in total. The minimum Gasteiger partial charge on any atom is -0.329 e. The second-order valence-electron chi connectivity index (χ2n) is 6.74. The van der Waals surface area contributed by atoms with Crippen molar-refractivity contribution in [3.8, 4) is 0 Å². The molecule has 4 heteroatoms. The van der Waals surface area contributed by atoms with Crippen LogP contribution in [0.15, 0.2) is 0 Å². The maximum Gasteiger partial charge on any atom is 0.246 e. The fourth-order valence-electron chi connectivity index (χ4n) is 3.88. The van der Waals surface area contributed by atoms with Crippen molar-refractivity contribution in [3.05, 3.63) is 0 Å². The first-order valence-electron chi connectivity index (χ1n) is 8.07. The molecule has 0 radical (unpaired) electrons. The molecule has 2 unspecified atom stereocenters. The zero-order valence-corrected chi connectivity index (χ0v) is 13.3. The van der Waals surface area contributed by atoms with Crippen molar-refractivity contribution < 1.29 is 9.59 Å². The van der Waals surface area contributed by atoms with E-state index < -0.39 is 0 Å². The number of amides is 2. The highest BCUT2D eigenvalue weighted by Gasteiger charge is 2.49. The number of fused-ring (bicyclic) bond motifs is 1. The number of piperidine rings is 1. The zero-order valence-electron chi connectivity index (χ0n) is 13.3. The van der Waals surface area contributed by atoms with E-state index in [1.807, 2.05) is 16.7 Å². The molecule has 2 heterocycles. The van der Waals surface area contributed by atoms with Gasteiger partial charge in [0.1, 0.15) is 12.1 Å². The fraction of sp³-hybridized carbons (Fsp3) is 0.875. The molecule has 2 rings (SSSR count). The summed E-state index contributed by atoms with van der Waals surface area (Å²) < 4.78 is 0. The maximum atomic E-state index is 12.9. The Morgan fingerprint density at radius 2 is 1.85 bits per heavy atom. The minimum atomic E-state index is -0.265. The molecule has 2 aliphatic rings. The van der Waals surface area contributed by atoms with Crippen molar-refractivity contribution in [2.45, 2.75) is 83.8 Å². The minimum absolute atomic E-state index is 0.168. The second kappa shape index (κ2) is 5.74. The van der Waals surface area contributed by atoms with Crippen molar-refractivity contribution in [1.29, 1.82) is 0 Å². The Labute approximate surface area is 122 Å². The van der Waals surface area contributed by atoms with Crippen LogP contribution in [-0.4, -0.2) is 45.8 Å². The van der Waals surface area contributed by atoms with Gasteiger partial charge >= 0.3 is 0 Å². The summed E-state index contributed by atoms with van der Waals surface area (Å²) in [4.78, 5) is 29.4. The Morgan fingerprint density at radius 1 is 1.15 bits per heavy atom. The fourth-order valence-corrected chi connectivity index (χ4v) is 3.88. The van der Waals surface area contributed by atoms with Gasteiger partial charge in [0.25, 0.3) is 0 Å². The molecule has 2 aliphatic heterocycles. The van der Waals surface area contributed by atoms with Gasteiger partial charge in [0.15, 0.2) is 0 Å². The average Bonchev–Trinajstić information content (AvgIpc) is 2.42. The van der Waals surface area contributed by atoms with E-state index in [2.05, 4.69) is 20.8 Å². The summed E-state index contributed by atoms with van der Waals surface area (Å²) in [6, 6.07) is -0.464. The predicted octanol–water partition coefficient (Wildman–Crippen LogP) is 2.57. The average molecular weight is 280 g/mol. The van der Waals surface area contributed by atoms with Crippen molar-refractivity contribution in [2.24, 2.45) is 0 Å². The molecule has 2 saturated heterocycles. The monoisotopic (exact) mass is 280 g/mol. The summed E-state index contributed by atoms with van der Waals surface area (Å²) in [5, 5.41) is 0. The molecular formula is C16H28N2O2. The van der Waals surface area contributed by atoms with E-state index in [9.17, 15) is 9.59 Å². The lowest BCUT2D eigenvalue weighted by molar-refractivity contribution is -0.170. The molecule has 0 bridgehead atoms. The standard InChI is InChI=1S/C16H28N2O2/c1-5-10-16(3,4)18-12(6-2)14(19)17-11-8-7-9-13(17)15(18)20/h12-13H,5-11H2,1-4H3. The molecule has 0 aliphatic carbocycles. The van der Waals surface area contributed by atoms with E-state index in [0.717, 1.165) is 38.6 Å². The van der Waals surface area contributed by atoms with Crippen LogP contribution in [0.3, 0.4) is 0 Å². The van der Waals surface area contributed by atoms with Gasteiger partial charge in [-0.15, -0.1) is 0 Å². The number of piperazine rings is 1. The summed E-state index contributed by atoms with van der Waals surface area (Å²) >= 11 is 0. The second-order valence-corrected chi connectivity index (χ2v) is 6.74. The van der Waals surface area contributed by atoms with Crippen LogP contribution in [0.1, 0.15) is 66.2 Å². The van der Waals surface area contributed by atoms with Gasteiger partial charge in [-0.2, -0.15) is 0 Å². The van der Waals surface area contributed by atoms with Crippen LogP contribution >= 0.6 is 0 Å². The zero-order chi connectivity index (χ0) is 14.9. The SMILES string of the molecule is CCCC(C)(C)N1C(=O)C2CCCCN2C(=O)C1CC. The largest absolute Gasteiger partial charge is 0.329 e. The van der Waals surface area contributed by atoms with Gasteiger partial charge in [-0.25, -0.2) is 0 Å². The van der Waals surface area contributed by atoms with Crippen LogP contribution in [0.25, 0.3) is 0 Å². The first kappa shape index (κ1) is 15.3. The van der Waals surface area contributed by atoms with Crippen molar-refractivity contribution in [3.63, 3.8) is 0 Å². The highest BCUT2D eigenvalue weighted by Crippen LogP contribution is 2.34. The summed E-state index contributed by atoms with van der Waals surface area (Å²) in [5.41, 5.74) is -0.230. The van der Waals surface area contributed by atoms with E-state index in [1.165, 1.54) is 0 Å². The van der Waals surface area contributed by atoms with Crippen LogP contribution < -0.4 is 0 Å². The molecule has 20 heavy (non-hydrogen) atoms. The molecule has 2 amide bonds. The van der Waals surface area contributed by atoms with Crippen LogP contribution in [-0.2, 0) is 9.59 Å². The van der Waals surface area contributed by atoms with Gasteiger partial charge in [0.05, 0.1) is 0 Å². The first-order chi connectivity index (χ1) is 9.44. The van der Waals surface area contributed by atoms with Gasteiger partial charge in [0.2, 0.25) is 11.8 Å². The van der Waals surface area contributed by atoms with Crippen LogP contribution in [0.5, 0.6) is 0 Å². The van der Waals surface area contributed by atoms with Gasteiger partial charge in [-0.3, -0.25) is 9.59 Å². The molecule has 114 valence electrons. The quantitative estimate of drug-likeness (QED) is 0.794. The van der Waals surface area contributed by atoms with Gasteiger partial charge < -0.3 is 9.80 Å². The summed E-state index contributed by atoms with van der Waals surface area (Å²) in [6.45, 7) is 9.10. The van der Waals surface area contributed by atoms with Crippen LogP contribution in [0, 0.1) is 0 Å². The Bertz CT molecular complexity index is 392. The lowest BCUT2D eigenvalue weighted by atomic mass is 9.87. The Morgan fingerprint density at radius 3 is 2.45 bits per heavy atom. The van der Waals surface area contributed by atoms with Crippen LogP contribution in [0.2, 0.25) is 0 Å². The van der Waals surface area contributed by atoms with Gasteiger partial charge in [0, 0.05) is 12.1 Å². The number of hydrogen-bond acceptors (Lipinski definition) is 2. The number of nitrogens with zero attached hydrogens (tertiary/aromatic N) is 2. The van der Waals surface area contributed by atoms with E-state index in [1.54, 1.807) is 0 Å². The Balaban J connectivity index is 2.34. The van der Waals surface area contributed by atoms with Crippen molar-refractivity contribution in [2.75, 3.05) is 6.54 Å². The van der Waals surface area contributed by atoms with Crippen molar-refractivity contribution >= 4 is 11.8 Å². The number of hydrogen-bond donors (Lipinski definition) is 0. The number of carbonyl (C=O) groups is 2. The lowest BCUT2D eigenvalue weighted by Crippen LogP contribution is -2.69. The molecular weight excluding hydrogens is 252 g/mol. The van der Waals surface area contributed by atoms with E-state index in [-0.39, 0.29) is 29.4 Å². The third-order valence-electron chi connectivity index (χ3n) is 4.81. The highest BCUT2D eigenvalue weighted by atomic mass is 16.2. The molecule has 0 aromatic rings. The highest BCUT2D eigenvalue weighted by molar-refractivity contribution is 5.97. The van der Waals surface area contributed by atoms with E-state index >= 15 is 0 Å². The molecule has 0 aromatic carbocycles. The predicted molar refractivity (Wildman–Crippen MR) is 79.3 cm³/mol. The third kappa shape index (κ3) is 2.45. The normalized spacial score (nSPS) is 27.8. The smallest absolute Gasteiger partial charge is 0.246 e. The lowest BCUT2D eigenvalue weighted by Gasteiger charge is -2.52. The Kier molecular flexibility index (Phi) is 4.40. The number of carbonyl (C=O) groups excluding carboxylic acids is 2. The summed E-state index contributed by atoms with van der Waals surface area (Å²) in [5.74, 6) is 0.343. The van der Waals surface area contributed by atoms with Crippen LogP contribution in [0.4, 0.5) is 0 Å². The van der Waals surface area contributed by atoms with Gasteiger partial charge in [-0.1, -0.05) is 20.3 Å². The molecule has 2 atom stereocenters. The van der Waals surface area contributed by atoms with E-state index in [0.29, 0.717) is 6.42 Å².